The van der Waals surface area contributed by atoms with Crippen LogP contribution in [-0.4, -0.2) is 24.9 Å². The molecule has 6 nitrogen and oxygen atoms in total. The van der Waals surface area contributed by atoms with Gasteiger partial charge in [0.1, 0.15) is 0 Å². The predicted octanol–water partition coefficient (Wildman–Crippen LogP) is 3.22. The topological polar surface area (TPSA) is 75.5 Å². The lowest BCUT2D eigenvalue weighted by Crippen LogP contribution is -2.13. The summed E-state index contributed by atoms with van der Waals surface area (Å²) in [4.78, 5) is 24.6. The molecule has 0 unspecified atom stereocenters. The van der Waals surface area contributed by atoms with Gasteiger partial charge in [0.05, 0.1) is 4.92 Å². The highest BCUT2D eigenvalue weighted by Gasteiger charge is 2.13. The lowest BCUT2D eigenvalue weighted by Gasteiger charge is -2.12. The second-order valence-corrected chi connectivity index (χ2v) is 5.15. The number of anilines is 2. The highest BCUT2D eigenvalue weighted by Crippen LogP contribution is 2.23. The molecule has 114 valence electrons. The van der Waals surface area contributed by atoms with Gasteiger partial charge in [0.15, 0.2) is 0 Å². The van der Waals surface area contributed by atoms with Crippen molar-refractivity contribution >= 4 is 23.0 Å². The number of nitrogens with one attached hydrogen (secondary N) is 1. The second kappa shape index (κ2) is 6.26. The number of carbonyl (C=O) groups excluding carboxylic acids is 1. The molecule has 1 N–H and O–H groups in total. The number of amides is 1. The van der Waals surface area contributed by atoms with Crippen LogP contribution in [0.3, 0.4) is 0 Å². The maximum absolute atomic E-state index is 12.2. The van der Waals surface area contributed by atoms with Crippen LogP contribution < -0.4 is 10.2 Å². The van der Waals surface area contributed by atoms with Crippen LogP contribution in [0.25, 0.3) is 0 Å². The highest BCUT2D eigenvalue weighted by atomic mass is 16.6. The van der Waals surface area contributed by atoms with Gasteiger partial charge in [-0.05, 0) is 37.3 Å². The molecular formula is C16H17N3O3. The fraction of sp³-hybridized carbons (Fsp3) is 0.188. The molecule has 0 fully saturated rings. The van der Waals surface area contributed by atoms with Gasteiger partial charge in [-0.15, -0.1) is 0 Å². The summed E-state index contributed by atoms with van der Waals surface area (Å²) in [6.45, 7) is 1.66. The quantitative estimate of drug-likeness (QED) is 0.694. The summed E-state index contributed by atoms with van der Waals surface area (Å²) in [6, 6.07) is 11.7. The molecule has 1 amide bonds. The number of benzene rings is 2. The molecule has 0 aliphatic rings. The summed E-state index contributed by atoms with van der Waals surface area (Å²) in [5.74, 6) is -0.302. The first-order chi connectivity index (χ1) is 10.4. The van der Waals surface area contributed by atoms with E-state index >= 15 is 0 Å². The van der Waals surface area contributed by atoms with E-state index in [1.807, 2.05) is 31.1 Å². The Kier molecular flexibility index (Phi) is 4.41. The molecule has 0 atom stereocenters. The number of nitrogens with zero attached hydrogens (tertiary/aromatic N) is 2. The van der Waals surface area contributed by atoms with E-state index in [1.165, 1.54) is 6.07 Å². The summed E-state index contributed by atoms with van der Waals surface area (Å²) in [5, 5.41) is 13.6. The molecule has 0 saturated heterocycles. The highest BCUT2D eigenvalue weighted by molar-refractivity contribution is 6.04. The Hall–Kier alpha value is -2.89. The molecule has 0 aliphatic carbocycles. The molecule has 0 aliphatic heterocycles. The van der Waals surface area contributed by atoms with Crippen molar-refractivity contribution in [3.8, 4) is 0 Å². The molecule has 0 heterocycles. The monoisotopic (exact) mass is 299 g/mol. The van der Waals surface area contributed by atoms with Gasteiger partial charge in [-0.25, -0.2) is 0 Å². The van der Waals surface area contributed by atoms with Crippen LogP contribution in [0, 0.1) is 17.0 Å². The Morgan fingerprint density at radius 1 is 1.14 bits per heavy atom. The first-order valence-electron chi connectivity index (χ1n) is 6.72. The van der Waals surface area contributed by atoms with Crippen LogP contribution in [0.15, 0.2) is 42.5 Å². The summed E-state index contributed by atoms with van der Waals surface area (Å²) < 4.78 is 0. The van der Waals surface area contributed by atoms with Crippen molar-refractivity contribution in [1.29, 1.82) is 0 Å². The average Bonchev–Trinajstić information content (AvgIpc) is 2.49. The minimum atomic E-state index is -0.461. The number of aryl methyl sites for hydroxylation is 1. The summed E-state index contributed by atoms with van der Waals surface area (Å²) in [5.41, 5.74) is 2.43. The van der Waals surface area contributed by atoms with E-state index in [9.17, 15) is 14.9 Å². The van der Waals surface area contributed by atoms with E-state index in [0.29, 0.717) is 16.8 Å². The van der Waals surface area contributed by atoms with E-state index in [2.05, 4.69) is 5.32 Å². The molecule has 2 aromatic carbocycles. The van der Waals surface area contributed by atoms with Crippen molar-refractivity contribution in [2.75, 3.05) is 24.3 Å². The van der Waals surface area contributed by atoms with Crippen LogP contribution >= 0.6 is 0 Å². The van der Waals surface area contributed by atoms with Gasteiger partial charge in [0.2, 0.25) is 0 Å². The van der Waals surface area contributed by atoms with Gasteiger partial charge < -0.3 is 10.2 Å². The van der Waals surface area contributed by atoms with E-state index < -0.39 is 4.92 Å². The first kappa shape index (κ1) is 15.5. The van der Waals surface area contributed by atoms with Crippen LogP contribution in [0.5, 0.6) is 0 Å². The van der Waals surface area contributed by atoms with Crippen LogP contribution in [-0.2, 0) is 0 Å². The van der Waals surface area contributed by atoms with Crippen molar-refractivity contribution in [1.82, 2.24) is 0 Å². The minimum Gasteiger partial charge on any atom is -0.378 e. The Morgan fingerprint density at radius 3 is 2.32 bits per heavy atom. The standard InChI is InChI=1S/C16H17N3O3/c1-11-4-7-13(10-15(11)19(21)22)17-16(20)12-5-8-14(9-6-12)18(2)3/h4-10H,1-3H3,(H,17,20). The van der Waals surface area contributed by atoms with Gasteiger partial charge in [-0.3, -0.25) is 14.9 Å². The molecule has 0 saturated carbocycles. The molecule has 2 aromatic rings. The molecular weight excluding hydrogens is 282 g/mol. The van der Waals surface area contributed by atoms with Crippen molar-refractivity contribution in [2.24, 2.45) is 0 Å². The van der Waals surface area contributed by atoms with Crippen molar-refractivity contribution in [3.63, 3.8) is 0 Å². The zero-order valence-electron chi connectivity index (χ0n) is 12.7. The predicted molar refractivity (Wildman–Crippen MR) is 86.6 cm³/mol. The molecule has 2 rings (SSSR count). The van der Waals surface area contributed by atoms with Crippen molar-refractivity contribution in [3.05, 3.63) is 63.7 Å². The molecule has 0 bridgehead atoms. The normalized spacial score (nSPS) is 10.1. The fourth-order valence-electron chi connectivity index (χ4n) is 2.00. The largest absolute Gasteiger partial charge is 0.378 e. The van der Waals surface area contributed by atoms with Gasteiger partial charge >= 0.3 is 0 Å². The third kappa shape index (κ3) is 3.41. The van der Waals surface area contributed by atoms with Crippen LogP contribution in [0.4, 0.5) is 17.1 Å². The third-order valence-corrected chi connectivity index (χ3v) is 3.31. The van der Waals surface area contributed by atoms with Gasteiger partial charge in [0.25, 0.3) is 11.6 Å². The Morgan fingerprint density at radius 2 is 1.77 bits per heavy atom. The van der Waals surface area contributed by atoms with Gasteiger partial charge in [0, 0.05) is 42.7 Å². The average molecular weight is 299 g/mol. The zero-order valence-corrected chi connectivity index (χ0v) is 12.7. The molecule has 0 spiro atoms. The maximum Gasteiger partial charge on any atom is 0.274 e. The number of rotatable bonds is 4. The molecule has 22 heavy (non-hydrogen) atoms. The fourth-order valence-corrected chi connectivity index (χ4v) is 2.00. The minimum absolute atomic E-state index is 0.0132. The summed E-state index contributed by atoms with van der Waals surface area (Å²) >= 11 is 0. The van der Waals surface area contributed by atoms with Crippen molar-refractivity contribution < 1.29 is 9.72 Å². The Labute approximate surface area is 128 Å². The number of nitro groups is 1. The zero-order chi connectivity index (χ0) is 16.3. The number of hydrogen-bond acceptors (Lipinski definition) is 4. The third-order valence-electron chi connectivity index (χ3n) is 3.31. The number of carbonyl (C=O) groups is 1. The molecule has 6 heteroatoms. The van der Waals surface area contributed by atoms with E-state index in [4.69, 9.17) is 0 Å². The molecule has 0 aromatic heterocycles. The number of hydrogen-bond donors (Lipinski definition) is 1. The van der Waals surface area contributed by atoms with E-state index in [0.717, 1.165) is 5.69 Å². The summed E-state index contributed by atoms with van der Waals surface area (Å²) in [6.07, 6.45) is 0. The maximum atomic E-state index is 12.2. The van der Waals surface area contributed by atoms with E-state index in [-0.39, 0.29) is 11.6 Å². The lowest BCUT2D eigenvalue weighted by atomic mass is 10.1. The Bertz CT molecular complexity index is 709. The first-order valence-corrected chi connectivity index (χ1v) is 6.72. The smallest absolute Gasteiger partial charge is 0.274 e. The lowest BCUT2D eigenvalue weighted by molar-refractivity contribution is -0.385. The Balaban J connectivity index is 2.18. The van der Waals surface area contributed by atoms with Crippen molar-refractivity contribution in [2.45, 2.75) is 6.92 Å². The van der Waals surface area contributed by atoms with E-state index in [1.54, 1.807) is 31.2 Å². The SMILES string of the molecule is Cc1ccc(NC(=O)c2ccc(N(C)C)cc2)cc1[N+](=O)[O-]. The van der Waals surface area contributed by atoms with Gasteiger partial charge in [-0.1, -0.05) is 6.07 Å². The van der Waals surface area contributed by atoms with Crippen LogP contribution in [0.1, 0.15) is 15.9 Å². The summed E-state index contributed by atoms with van der Waals surface area (Å²) in [7, 11) is 3.83. The van der Waals surface area contributed by atoms with Crippen LogP contribution in [0.2, 0.25) is 0 Å². The number of nitro benzene ring substituents is 1. The molecule has 0 radical (unpaired) electrons. The second-order valence-electron chi connectivity index (χ2n) is 5.15. The van der Waals surface area contributed by atoms with Gasteiger partial charge in [-0.2, -0.15) is 0 Å².